The third-order valence-electron chi connectivity index (χ3n) is 1.38. The topological polar surface area (TPSA) is 69.1 Å². The van der Waals surface area contributed by atoms with Gasteiger partial charge >= 0.3 is 0 Å². The molecule has 1 rings (SSSR count). The molecule has 12 heavy (non-hydrogen) atoms. The van der Waals surface area contributed by atoms with Gasteiger partial charge < -0.3 is 11.5 Å². The highest BCUT2D eigenvalue weighted by atomic mass is 127. The average Bonchev–Trinajstić information content (AvgIpc) is 2.00. The first-order valence-corrected chi connectivity index (χ1v) is 4.53. The van der Waals surface area contributed by atoms with E-state index >= 15 is 0 Å². The number of carbonyl (C=O) groups is 1. The predicted molar refractivity (Wildman–Crippen MR) is 57.1 cm³/mol. The number of nitrogens with two attached hydrogens (primary N) is 2. The molecule has 0 unspecified atom stereocenters. The van der Waals surface area contributed by atoms with E-state index < -0.39 is 5.91 Å². The molecule has 1 aromatic carbocycles. The van der Waals surface area contributed by atoms with Gasteiger partial charge in [-0.05, 0) is 34.7 Å². The van der Waals surface area contributed by atoms with Crippen molar-refractivity contribution in [2.45, 2.75) is 0 Å². The lowest BCUT2D eigenvalue weighted by Crippen LogP contribution is -2.12. The van der Waals surface area contributed by atoms with Gasteiger partial charge in [0.05, 0.1) is 14.2 Å². The molecule has 3 nitrogen and oxygen atoms in total. The number of benzene rings is 1. The van der Waals surface area contributed by atoms with Crippen LogP contribution >= 0.6 is 34.2 Å². The van der Waals surface area contributed by atoms with Crippen molar-refractivity contribution in [1.82, 2.24) is 0 Å². The molecular weight excluding hydrogens is 290 g/mol. The quantitative estimate of drug-likeness (QED) is 0.611. The molecule has 0 fully saturated rings. The van der Waals surface area contributed by atoms with E-state index in [2.05, 4.69) is 0 Å². The maximum absolute atomic E-state index is 10.8. The Labute approximate surface area is 88.2 Å². The van der Waals surface area contributed by atoms with Crippen molar-refractivity contribution >= 4 is 45.8 Å². The summed E-state index contributed by atoms with van der Waals surface area (Å²) in [5, 5.41) is 0.322. The van der Waals surface area contributed by atoms with E-state index in [4.69, 9.17) is 23.1 Å². The largest absolute Gasteiger partial charge is 0.398 e. The molecule has 0 aliphatic heterocycles. The number of nitrogen functional groups attached to an aromatic ring is 1. The summed E-state index contributed by atoms with van der Waals surface area (Å²) in [6.45, 7) is 0. The number of primary amides is 1. The highest BCUT2D eigenvalue weighted by molar-refractivity contribution is 14.1. The molecule has 5 heteroatoms. The van der Waals surface area contributed by atoms with Crippen LogP contribution in [-0.2, 0) is 0 Å². The van der Waals surface area contributed by atoms with Crippen LogP contribution in [0.3, 0.4) is 0 Å². The number of carbonyl (C=O) groups excluding carboxylic acids is 1. The van der Waals surface area contributed by atoms with Crippen LogP contribution in [0.15, 0.2) is 12.1 Å². The molecule has 0 saturated carbocycles. The lowest BCUT2D eigenvalue weighted by atomic mass is 10.2. The summed E-state index contributed by atoms with van der Waals surface area (Å²) in [6.07, 6.45) is 0. The van der Waals surface area contributed by atoms with Crippen molar-refractivity contribution in [2.24, 2.45) is 5.73 Å². The minimum absolute atomic E-state index is 0.301. The maximum Gasteiger partial charge on any atom is 0.250 e. The van der Waals surface area contributed by atoms with Crippen LogP contribution in [0, 0.1) is 3.57 Å². The summed E-state index contributed by atoms with van der Waals surface area (Å²) >= 11 is 7.77. The molecule has 0 aliphatic rings. The fraction of sp³-hybridized carbons (Fsp3) is 0. The molecule has 0 atom stereocenters. The number of amides is 1. The maximum atomic E-state index is 10.8. The van der Waals surface area contributed by atoms with Gasteiger partial charge in [-0.1, -0.05) is 11.6 Å². The zero-order valence-corrected chi connectivity index (χ0v) is 8.89. The summed E-state index contributed by atoms with van der Waals surface area (Å²) < 4.78 is 0.658. The Balaban J connectivity index is 3.36. The van der Waals surface area contributed by atoms with E-state index in [0.717, 1.165) is 0 Å². The Bertz CT molecular complexity index is 340. The van der Waals surface area contributed by atoms with Crippen LogP contribution in [0.5, 0.6) is 0 Å². The lowest BCUT2D eigenvalue weighted by molar-refractivity contribution is 0.100. The summed E-state index contributed by atoms with van der Waals surface area (Å²) in [5.74, 6) is -0.544. The SMILES string of the molecule is NC(=O)c1ccc(N)c(I)c1Cl. The molecule has 4 N–H and O–H groups in total. The second kappa shape index (κ2) is 3.49. The van der Waals surface area contributed by atoms with Crippen molar-refractivity contribution in [3.8, 4) is 0 Å². The molecule has 64 valence electrons. The van der Waals surface area contributed by atoms with Gasteiger partial charge in [0, 0.05) is 5.69 Å². The fourth-order valence-corrected chi connectivity index (χ4v) is 1.49. The van der Waals surface area contributed by atoms with Crippen molar-refractivity contribution in [3.63, 3.8) is 0 Å². The first-order valence-electron chi connectivity index (χ1n) is 3.07. The predicted octanol–water partition coefficient (Wildman–Crippen LogP) is 1.63. The van der Waals surface area contributed by atoms with Crippen LogP contribution in [-0.4, -0.2) is 5.91 Å². The van der Waals surface area contributed by atoms with Gasteiger partial charge in [-0.15, -0.1) is 0 Å². The van der Waals surface area contributed by atoms with Crippen molar-refractivity contribution in [2.75, 3.05) is 5.73 Å². The summed E-state index contributed by atoms with van der Waals surface area (Å²) in [4.78, 5) is 10.8. The second-order valence-corrected chi connectivity index (χ2v) is 3.65. The lowest BCUT2D eigenvalue weighted by Gasteiger charge is -2.03. The Morgan fingerprint density at radius 2 is 2.08 bits per heavy atom. The molecule has 0 bridgehead atoms. The first-order chi connectivity index (χ1) is 5.54. The third-order valence-corrected chi connectivity index (χ3v) is 3.25. The van der Waals surface area contributed by atoms with E-state index in [1.54, 1.807) is 6.07 Å². The normalized spacial score (nSPS) is 9.83. The zero-order chi connectivity index (χ0) is 9.30. The Morgan fingerprint density at radius 1 is 1.50 bits per heavy atom. The number of anilines is 1. The molecule has 0 aliphatic carbocycles. The fourth-order valence-electron chi connectivity index (χ4n) is 0.755. The Hall–Kier alpha value is -0.490. The second-order valence-electron chi connectivity index (χ2n) is 2.19. The van der Waals surface area contributed by atoms with Gasteiger partial charge in [-0.25, -0.2) is 0 Å². The zero-order valence-electron chi connectivity index (χ0n) is 5.97. The van der Waals surface area contributed by atoms with Gasteiger partial charge in [0.15, 0.2) is 0 Å². The van der Waals surface area contributed by atoms with Crippen LogP contribution in [0.25, 0.3) is 0 Å². The number of hydrogen-bond donors (Lipinski definition) is 2. The molecular formula is C7H6ClIN2O. The smallest absolute Gasteiger partial charge is 0.250 e. The highest BCUT2D eigenvalue weighted by Gasteiger charge is 2.10. The average molecular weight is 296 g/mol. The van der Waals surface area contributed by atoms with Gasteiger partial charge in [0.1, 0.15) is 0 Å². The van der Waals surface area contributed by atoms with E-state index in [9.17, 15) is 4.79 Å². The van der Waals surface area contributed by atoms with E-state index in [1.165, 1.54) is 6.07 Å². The molecule has 0 aromatic heterocycles. The van der Waals surface area contributed by atoms with Gasteiger partial charge in [0.2, 0.25) is 5.91 Å². The minimum atomic E-state index is -0.544. The van der Waals surface area contributed by atoms with Crippen molar-refractivity contribution < 1.29 is 4.79 Å². The van der Waals surface area contributed by atoms with E-state index in [1.807, 2.05) is 22.6 Å². The summed E-state index contributed by atoms with van der Waals surface area (Å²) in [5.41, 5.74) is 11.5. The number of halogens is 2. The molecule has 1 aromatic rings. The monoisotopic (exact) mass is 296 g/mol. The summed E-state index contributed by atoms with van der Waals surface area (Å²) in [7, 11) is 0. The molecule has 0 heterocycles. The van der Waals surface area contributed by atoms with Crippen LogP contribution < -0.4 is 11.5 Å². The highest BCUT2D eigenvalue weighted by Crippen LogP contribution is 2.27. The van der Waals surface area contributed by atoms with Gasteiger partial charge in [-0.3, -0.25) is 4.79 Å². The number of hydrogen-bond acceptors (Lipinski definition) is 2. The molecule has 1 amide bonds. The summed E-state index contributed by atoms with van der Waals surface area (Å²) in [6, 6.07) is 3.12. The Kier molecular flexibility index (Phi) is 2.79. The van der Waals surface area contributed by atoms with E-state index in [-0.39, 0.29) is 0 Å². The van der Waals surface area contributed by atoms with Crippen molar-refractivity contribution in [1.29, 1.82) is 0 Å². The van der Waals surface area contributed by atoms with E-state index in [0.29, 0.717) is 19.8 Å². The Morgan fingerprint density at radius 3 is 2.58 bits per heavy atom. The van der Waals surface area contributed by atoms with Gasteiger partial charge in [-0.2, -0.15) is 0 Å². The minimum Gasteiger partial charge on any atom is -0.398 e. The standard InChI is InChI=1S/C7H6ClIN2O/c8-5-3(7(11)12)1-2-4(10)6(5)9/h1-2H,10H2,(H2,11,12). The van der Waals surface area contributed by atoms with Crippen molar-refractivity contribution in [3.05, 3.63) is 26.3 Å². The molecule has 0 radical (unpaired) electrons. The number of rotatable bonds is 1. The third kappa shape index (κ3) is 1.64. The van der Waals surface area contributed by atoms with Crippen LogP contribution in [0.4, 0.5) is 5.69 Å². The van der Waals surface area contributed by atoms with Crippen LogP contribution in [0.2, 0.25) is 5.02 Å². The molecule has 0 spiro atoms. The van der Waals surface area contributed by atoms with Gasteiger partial charge in [0.25, 0.3) is 0 Å². The first kappa shape index (κ1) is 9.60. The van der Waals surface area contributed by atoms with Crippen LogP contribution in [0.1, 0.15) is 10.4 Å². The molecule has 0 saturated heterocycles.